The molecule has 0 radical (unpaired) electrons. The standard InChI is InChI=1S/C24H25NO3/c1-25(18-19-7-5-10-22(26)17-19)15-6-16-28-23-13-11-21(12-14-23)24(27)20-8-3-2-4-9-20/h2-5,7-14,17,26H,6,15-16,18H2,1H3. The van der Waals surface area contributed by atoms with Crippen molar-refractivity contribution >= 4 is 5.78 Å². The van der Waals surface area contributed by atoms with Gasteiger partial charge in [-0.05, 0) is 55.4 Å². The summed E-state index contributed by atoms with van der Waals surface area (Å²) in [7, 11) is 2.05. The van der Waals surface area contributed by atoms with Crippen molar-refractivity contribution in [3.8, 4) is 11.5 Å². The summed E-state index contributed by atoms with van der Waals surface area (Å²) in [5, 5.41) is 9.53. The Kier molecular flexibility index (Phi) is 6.82. The molecule has 0 fully saturated rings. The number of hydrogen-bond acceptors (Lipinski definition) is 4. The van der Waals surface area contributed by atoms with Crippen LogP contribution in [-0.2, 0) is 6.54 Å². The Bertz CT molecular complexity index is 891. The molecule has 3 rings (SSSR count). The number of benzene rings is 3. The number of hydrogen-bond donors (Lipinski definition) is 1. The van der Waals surface area contributed by atoms with Crippen LogP contribution in [0.5, 0.6) is 11.5 Å². The summed E-state index contributed by atoms with van der Waals surface area (Å²) < 4.78 is 5.79. The van der Waals surface area contributed by atoms with Gasteiger partial charge in [0.15, 0.2) is 5.78 Å². The lowest BCUT2D eigenvalue weighted by atomic mass is 10.0. The fourth-order valence-corrected chi connectivity index (χ4v) is 3.03. The van der Waals surface area contributed by atoms with Crippen molar-refractivity contribution in [1.82, 2.24) is 4.90 Å². The van der Waals surface area contributed by atoms with E-state index in [9.17, 15) is 9.90 Å². The Morgan fingerprint density at radius 1 is 0.929 bits per heavy atom. The number of carbonyl (C=O) groups excluding carboxylic acids is 1. The van der Waals surface area contributed by atoms with E-state index in [-0.39, 0.29) is 5.78 Å². The van der Waals surface area contributed by atoms with Crippen LogP contribution in [0.15, 0.2) is 78.9 Å². The van der Waals surface area contributed by atoms with Gasteiger partial charge in [-0.2, -0.15) is 0 Å². The van der Waals surface area contributed by atoms with Crippen molar-refractivity contribution < 1.29 is 14.6 Å². The summed E-state index contributed by atoms with van der Waals surface area (Å²) in [6.07, 6.45) is 0.889. The molecule has 0 unspecified atom stereocenters. The van der Waals surface area contributed by atoms with Crippen LogP contribution < -0.4 is 4.74 Å². The van der Waals surface area contributed by atoms with E-state index in [0.717, 1.165) is 30.8 Å². The third-order valence-corrected chi connectivity index (χ3v) is 4.47. The smallest absolute Gasteiger partial charge is 0.193 e. The predicted octanol–water partition coefficient (Wildman–Crippen LogP) is 4.52. The third-order valence-electron chi connectivity index (χ3n) is 4.47. The maximum Gasteiger partial charge on any atom is 0.193 e. The number of ketones is 1. The SMILES string of the molecule is CN(CCCOc1ccc(C(=O)c2ccccc2)cc1)Cc1cccc(O)c1. The summed E-state index contributed by atoms with van der Waals surface area (Å²) in [5.41, 5.74) is 2.43. The Balaban J connectivity index is 1.42. The number of rotatable bonds is 9. The van der Waals surface area contributed by atoms with E-state index in [2.05, 4.69) is 4.90 Å². The summed E-state index contributed by atoms with van der Waals surface area (Å²) in [6, 6.07) is 23.9. The molecule has 0 spiro atoms. The first kappa shape index (κ1) is 19.6. The van der Waals surface area contributed by atoms with Gasteiger partial charge >= 0.3 is 0 Å². The average Bonchev–Trinajstić information content (AvgIpc) is 2.72. The fraction of sp³-hybridized carbons (Fsp3) is 0.208. The molecule has 1 N–H and O–H groups in total. The first-order valence-electron chi connectivity index (χ1n) is 9.41. The molecular formula is C24H25NO3. The van der Waals surface area contributed by atoms with Gasteiger partial charge in [0, 0.05) is 24.2 Å². The van der Waals surface area contributed by atoms with Crippen LogP contribution in [0, 0.1) is 0 Å². The summed E-state index contributed by atoms with van der Waals surface area (Å²) in [6.45, 7) is 2.28. The second-order valence-corrected chi connectivity index (χ2v) is 6.83. The molecule has 0 aromatic heterocycles. The summed E-state index contributed by atoms with van der Waals surface area (Å²) in [5.74, 6) is 1.07. The number of aromatic hydroxyl groups is 1. The van der Waals surface area contributed by atoms with E-state index in [0.29, 0.717) is 23.5 Å². The van der Waals surface area contributed by atoms with Crippen molar-refractivity contribution in [1.29, 1.82) is 0 Å². The van der Waals surface area contributed by atoms with Crippen molar-refractivity contribution in [2.75, 3.05) is 20.2 Å². The van der Waals surface area contributed by atoms with Gasteiger partial charge in [0.1, 0.15) is 11.5 Å². The van der Waals surface area contributed by atoms with Crippen molar-refractivity contribution in [2.45, 2.75) is 13.0 Å². The molecule has 0 aliphatic rings. The van der Waals surface area contributed by atoms with E-state index in [1.807, 2.05) is 61.6 Å². The van der Waals surface area contributed by atoms with E-state index >= 15 is 0 Å². The maximum absolute atomic E-state index is 12.4. The number of carbonyl (C=O) groups is 1. The molecule has 0 heterocycles. The number of phenols is 1. The molecule has 0 aliphatic carbocycles. The highest BCUT2D eigenvalue weighted by Gasteiger charge is 2.08. The monoisotopic (exact) mass is 375 g/mol. The fourth-order valence-electron chi connectivity index (χ4n) is 3.03. The van der Waals surface area contributed by atoms with Crippen LogP contribution in [0.25, 0.3) is 0 Å². The first-order chi connectivity index (χ1) is 13.6. The zero-order chi connectivity index (χ0) is 19.8. The van der Waals surface area contributed by atoms with Gasteiger partial charge in [0.25, 0.3) is 0 Å². The van der Waals surface area contributed by atoms with Gasteiger partial charge in [-0.25, -0.2) is 0 Å². The molecule has 0 saturated carbocycles. The highest BCUT2D eigenvalue weighted by Crippen LogP contribution is 2.16. The number of ether oxygens (including phenoxy) is 1. The molecule has 3 aromatic rings. The highest BCUT2D eigenvalue weighted by atomic mass is 16.5. The molecule has 0 aliphatic heterocycles. The molecular weight excluding hydrogens is 350 g/mol. The predicted molar refractivity (Wildman–Crippen MR) is 111 cm³/mol. The Labute approximate surface area is 166 Å². The van der Waals surface area contributed by atoms with Crippen molar-refractivity contribution in [3.63, 3.8) is 0 Å². The zero-order valence-corrected chi connectivity index (χ0v) is 16.0. The van der Waals surface area contributed by atoms with Gasteiger partial charge in [0.05, 0.1) is 6.61 Å². The lowest BCUT2D eigenvalue weighted by molar-refractivity contribution is 0.103. The molecule has 0 bridgehead atoms. The van der Waals surface area contributed by atoms with Crippen LogP contribution in [0.4, 0.5) is 0 Å². The second kappa shape index (κ2) is 9.72. The normalized spacial score (nSPS) is 10.8. The summed E-state index contributed by atoms with van der Waals surface area (Å²) >= 11 is 0. The molecule has 0 saturated heterocycles. The van der Waals surface area contributed by atoms with E-state index < -0.39 is 0 Å². The van der Waals surface area contributed by atoms with Crippen LogP contribution in [0.1, 0.15) is 27.9 Å². The largest absolute Gasteiger partial charge is 0.508 e. The second-order valence-electron chi connectivity index (χ2n) is 6.83. The Morgan fingerprint density at radius 2 is 1.64 bits per heavy atom. The van der Waals surface area contributed by atoms with Gasteiger partial charge in [-0.1, -0.05) is 42.5 Å². The molecule has 4 nitrogen and oxygen atoms in total. The number of phenolic OH excluding ortho intramolecular Hbond substituents is 1. The Hall–Kier alpha value is -3.11. The minimum Gasteiger partial charge on any atom is -0.508 e. The van der Waals surface area contributed by atoms with E-state index in [1.54, 1.807) is 24.3 Å². The minimum absolute atomic E-state index is 0.0146. The minimum atomic E-state index is 0.0146. The van der Waals surface area contributed by atoms with E-state index in [1.165, 1.54) is 0 Å². The van der Waals surface area contributed by atoms with Gasteiger partial charge in [-0.15, -0.1) is 0 Å². The molecule has 28 heavy (non-hydrogen) atoms. The van der Waals surface area contributed by atoms with Crippen LogP contribution in [0.2, 0.25) is 0 Å². The van der Waals surface area contributed by atoms with E-state index in [4.69, 9.17) is 4.74 Å². The lowest BCUT2D eigenvalue weighted by Gasteiger charge is -2.17. The first-order valence-corrected chi connectivity index (χ1v) is 9.41. The third kappa shape index (κ3) is 5.69. The topological polar surface area (TPSA) is 49.8 Å². The molecule has 0 amide bonds. The highest BCUT2D eigenvalue weighted by molar-refractivity contribution is 6.08. The summed E-state index contributed by atoms with van der Waals surface area (Å²) in [4.78, 5) is 14.6. The molecule has 3 aromatic carbocycles. The van der Waals surface area contributed by atoms with Gasteiger partial charge < -0.3 is 14.7 Å². The number of nitrogens with zero attached hydrogens (tertiary/aromatic N) is 1. The molecule has 4 heteroatoms. The maximum atomic E-state index is 12.4. The lowest BCUT2D eigenvalue weighted by Crippen LogP contribution is -2.20. The van der Waals surface area contributed by atoms with Crippen LogP contribution in [-0.4, -0.2) is 36.0 Å². The quantitative estimate of drug-likeness (QED) is 0.441. The Morgan fingerprint density at radius 3 is 2.36 bits per heavy atom. The zero-order valence-electron chi connectivity index (χ0n) is 16.0. The van der Waals surface area contributed by atoms with Crippen LogP contribution in [0.3, 0.4) is 0 Å². The van der Waals surface area contributed by atoms with Gasteiger partial charge in [-0.3, -0.25) is 4.79 Å². The van der Waals surface area contributed by atoms with Crippen LogP contribution >= 0.6 is 0 Å². The molecule has 144 valence electrons. The average molecular weight is 375 g/mol. The van der Waals surface area contributed by atoms with Gasteiger partial charge in [0.2, 0.25) is 0 Å². The molecule has 0 atom stereocenters. The van der Waals surface area contributed by atoms with Crippen molar-refractivity contribution in [2.24, 2.45) is 0 Å². The van der Waals surface area contributed by atoms with Crippen molar-refractivity contribution in [3.05, 3.63) is 95.6 Å².